The van der Waals surface area contributed by atoms with E-state index in [2.05, 4.69) is 82.3 Å². The molecule has 16 rings (SSSR count). The minimum Gasteiger partial charge on any atom is -0.465 e. The van der Waals surface area contributed by atoms with Gasteiger partial charge in [0.25, 0.3) is 22.2 Å². The van der Waals surface area contributed by atoms with E-state index >= 15 is 0 Å². The highest BCUT2D eigenvalue weighted by molar-refractivity contribution is 5.90. The summed E-state index contributed by atoms with van der Waals surface area (Å²) in [6, 6.07) is 14.3. The van der Waals surface area contributed by atoms with E-state index in [1.807, 2.05) is 31.7 Å². The second-order valence-electron chi connectivity index (χ2n) is 32.1. The third-order valence-electron chi connectivity index (χ3n) is 23.4. The van der Waals surface area contributed by atoms with E-state index < -0.39 is 75.0 Å². The Morgan fingerprint density at radius 2 is 0.767 bits per heavy atom. The summed E-state index contributed by atoms with van der Waals surface area (Å²) in [6.45, 7) is 11.9. The predicted octanol–water partition coefficient (Wildman–Crippen LogP) is 1.59. The first-order valence-electron chi connectivity index (χ1n) is 42.6. The molecule has 40 nitrogen and oxygen atoms in total. The fourth-order valence-corrected chi connectivity index (χ4v) is 16.7. The summed E-state index contributed by atoms with van der Waals surface area (Å²) in [5.74, 6) is 21.8. The lowest BCUT2D eigenvalue weighted by atomic mass is 10.1. The molecular formula is C90H97F3N30O10. The first-order valence-corrected chi connectivity index (χ1v) is 42.6. The van der Waals surface area contributed by atoms with Gasteiger partial charge in [0.2, 0.25) is 23.8 Å². The van der Waals surface area contributed by atoms with Crippen LogP contribution >= 0.6 is 0 Å². The van der Waals surface area contributed by atoms with Crippen molar-refractivity contribution in [2.45, 2.75) is 156 Å². The number of carbonyl (C=O) groups is 1. The summed E-state index contributed by atoms with van der Waals surface area (Å²) in [5, 5.41) is 28.0. The number of pyridine rings is 1. The van der Waals surface area contributed by atoms with Crippen molar-refractivity contribution in [3.05, 3.63) is 207 Å². The van der Waals surface area contributed by atoms with Crippen LogP contribution in [0.3, 0.4) is 0 Å². The zero-order valence-corrected chi connectivity index (χ0v) is 74.7. The lowest BCUT2D eigenvalue weighted by Gasteiger charge is -2.31. The molecule has 0 spiro atoms. The van der Waals surface area contributed by atoms with Crippen LogP contribution in [-0.4, -0.2) is 179 Å². The van der Waals surface area contributed by atoms with E-state index in [0.717, 1.165) is 101 Å². The predicted molar refractivity (Wildman–Crippen MR) is 489 cm³/mol. The van der Waals surface area contributed by atoms with Gasteiger partial charge in [-0.25, -0.2) is 42.1 Å². The molecule has 8 N–H and O–H groups in total. The quantitative estimate of drug-likeness (QED) is 0.0742. The van der Waals surface area contributed by atoms with Crippen molar-refractivity contribution >= 4 is 74.4 Å². The highest BCUT2D eigenvalue weighted by atomic mass is 19.2. The average molecular weight is 1820 g/mol. The van der Waals surface area contributed by atoms with Crippen LogP contribution in [0, 0.1) is 98.8 Å². The molecule has 688 valence electrons. The number of hydrogen-bond donors (Lipinski definition) is 4. The van der Waals surface area contributed by atoms with Crippen molar-refractivity contribution in [2.75, 3.05) is 79.1 Å². The van der Waals surface area contributed by atoms with Crippen LogP contribution in [0.1, 0.15) is 129 Å². The van der Waals surface area contributed by atoms with E-state index in [0.29, 0.717) is 56.5 Å². The van der Waals surface area contributed by atoms with Gasteiger partial charge in [0.05, 0.1) is 93.6 Å². The number of benzene rings is 2. The molecule has 0 radical (unpaired) electrons. The van der Waals surface area contributed by atoms with Gasteiger partial charge >= 0.3 is 28.7 Å². The summed E-state index contributed by atoms with van der Waals surface area (Å²) < 4.78 is 62.4. The second-order valence-corrected chi connectivity index (χ2v) is 32.1. The lowest BCUT2D eigenvalue weighted by Crippen LogP contribution is -2.44. The molecule has 4 fully saturated rings. The molecule has 2 aromatic carbocycles. The minimum absolute atomic E-state index is 0.000599. The summed E-state index contributed by atoms with van der Waals surface area (Å²) in [4.78, 5) is 158. The molecule has 133 heavy (non-hydrogen) atoms. The number of halogens is 3. The molecule has 4 atom stereocenters. The van der Waals surface area contributed by atoms with Gasteiger partial charge < -0.3 is 47.3 Å². The number of esters is 1. The Morgan fingerprint density at radius 3 is 1.11 bits per heavy atom. The standard InChI is InChI=1S/C23H23F2N7O2.C23H24FN7O2.C23H27N7O4.C21H23N9O2/c1-3-4-8-31-19-20(28-22(31)30-7-5-6-16(27)13-30)29(2)23(34)32(21(19)33)12-15-10-18(25)17(24)9-14(15)11-26;1-3-4-11-30-19-20(27-22(30)29-10-6-8-16(26)14-29)28(2)23(33)31(21(19)32)13-15-7-5-9-18(24)17(15)12-25;1-4-5-12-29-18-19(26-22(29)28-11-7-8-15(24)13-28)27(2)23(33)30(20(18)31)14-17-16(21(32)34-3)9-6-10-25-17;1-3-4-10-29-17-18(26-20(29)28-9-5-6-14(23)12-28)27(2)21(32)30(19(17)31)13-16-15(11-22)24-7-8-25-16/h9-10,16H,5-8,12-13,27H2,1-2H3;5,7,9,16H,6,8,10-11,13-14,26H2,1-2H3;6,9-10,15H,7-8,11-14,24H2,1-3H3;7-8,14H,5-6,9-10,12-13,23H2,1-2H3/t2*16-;15-;14-/m1111/s1. The smallest absolute Gasteiger partial charge is 0.339 e. The van der Waals surface area contributed by atoms with E-state index in [1.165, 1.54) is 76.3 Å². The van der Waals surface area contributed by atoms with E-state index in [-0.39, 0.29) is 160 Å². The maximum atomic E-state index is 14.1. The lowest BCUT2D eigenvalue weighted by molar-refractivity contribution is 0.0598. The number of hydrogen-bond acceptors (Lipinski definition) is 28. The Kier molecular flexibility index (Phi) is 29.5. The SMILES string of the molecule is CC#CCn1c(N2CCC[C@@H](N)C2)nc2c1c(=O)n(Cc1cc(F)c(F)cc1C#N)c(=O)n2C.CC#CCn1c(N2CCC[C@@H](N)C2)nc2c1c(=O)n(Cc1cccc(F)c1C#N)c(=O)n2C.CC#CCn1c(N2CCC[C@@H](N)C2)nc2c1c(=O)n(Cc1ncccc1C(=O)OC)c(=O)n2C.CC#CCn1c(N2CCC[C@@H](N)C2)nc2c1c(=O)n(Cc1nccnc1C#N)c(=O)n2C. The topological polar surface area (TPSA) is 501 Å². The number of piperidine rings is 4. The van der Waals surface area contributed by atoms with Gasteiger partial charge in [-0.3, -0.25) is 84.0 Å². The molecule has 12 aromatic rings. The number of aromatic nitrogens is 19. The number of fused-ring (bicyclic) bond motifs is 4. The van der Waals surface area contributed by atoms with Gasteiger partial charge in [0, 0.05) is 123 Å². The van der Waals surface area contributed by atoms with E-state index in [1.54, 1.807) is 78.3 Å². The molecule has 43 heteroatoms. The van der Waals surface area contributed by atoms with Crippen LogP contribution in [0.4, 0.5) is 37.0 Å². The number of carbonyl (C=O) groups excluding carboxylic acids is 1. The number of rotatable bonds is 17. The molecule has 0 saturated carbocycles. The van der Waals surface area contributed by atoms with Crippen LogP contribution in [0.15, 0.2) is 99.4 Å². The number of ether oxygens (including phenoxy) is 1. The van der Waals surface area contributed by atoms with Crippen molar-refractivity contribution < 1.29 is 22.7 Å². The van der Waals surface area contributed by atoms with Gasteiger partial charge in [0.1, 0.15) is 18.0 Å². The van der Waals surface area contributed by atoms with Crippen LogP contribution in [0.2, 0.25) is 0 Å². The highest BCUT2D eigenvalue weighted by Gasteiger charge is 2.33. The molecule has 4 aliphatic heterocycles. The van der Waals surface area contributed by atoms with Crippen LogP contribution in [0.5, 0.6) is 0 Å². The van der Waals surface area contributed by atoms with Crippen molar-refractivity contribution in [1.29, 1.82) is 15.8 Å². The molecule has 10 aromatic heterocycles. The number of nitriles is 3. The minimum atomic E-state index is -1.18. The second kappa shape index (κ2) is 41.4. The Balaban J connectivity index is 0.000000151. The van der Waals surface area contributed by atoms with Gasteiger partial charge in [-0.05, 0) is 121 Å². The monoisotopic (exact) mass is 1810 g/mol. The molecule has 0 bridgehead atoms. The molecule has 0 unspecified atom stereocenters. The Bertz CT molecular complexity index is 7540. The summed E-state index contributed by atoms with van der Waals surface area (Å²) in [7, 11) is 7.40. The molecular weight excluding hydrogens is 1720 g/mol. The van der Waals surface area contributed by atoms with Gasteiger partial charge in [0.15, 0.2) is 62.0 Å². The van der Waals surface area contributed by atoms with Gasteiger partial charge in [-0.2, -0.15) is 35.7 Å². The fourth-order valence-electron chi connectivity index (χ4n) is 16.7. The maximum Gasteiger partial charge on any atom is 0.339 e. The first kappa shape index (κ1) is 94.9. The first-order chi connectivity index (χ1) is 63.9. The average Bonchev–Trinajstić information content (AvgIpc) is 1.61. The van der Waals surface area contributed by atoms with Crippen molar-refractivity contribution in [3.8, 4) is 65.6 Å². The van der Waals surface area contributed by atoms with Crippen molar-refractivity contribution in [3.63, 3.8) is 0 Å². The molecule has 14 heterocycles. The fraction of sp³-hybridized carbons (Fsp3) is 0.411. The Morgan fingerprint density at radius 1 is 0.421 bits per heavy atom. The number of imidazole rings is 4. The zero-order chi connectivity index (χ0) is 95.5. The third kappa shape index (κ3) is 19.3. The number of nitrogens with zero attached hydrogens (tertiary/aromatic N) is 26. The van der Waals surface area contributed by atoms with Gasteiger partial charge in [-0.15, -0.1) is 23.7 Å². The summed E-state index contributed by atoms with van der Waals surface area (Å²) in [6.07, 6.45) is 11.5. The molecule has 0 aliphatic carbocycles. The highest BCUT2D eigenvalue weighted by Crippen LogP contribution is 2.29. The van der Waals surface area contributed by atoms with E-state index in [9.17, 15) is 72.1 Å². The molecule has 4 aliphatic rings. The Hall–Kier alpha value is -15.7. The largest absolute Gasteiger partial charge is 0.465 e. The number of anilines is 4. The number of methoxy groups -OCH3 is 1. The van der Waals surface area contributed by atoms with Gasteiger partial charge in [-0.1, -0.05) is 35.8 Å². The zero-order valence-electron chi connectivity index (χ0n) is 74.7. The van der Waals surface area contributed by atoms with Crippen LogP contribution < -0.4 is 87.5 Å². The van der Waals surface area contributed by atoms with Crippen LogP contribution in [-0.2, 0) is 85.3 Å². The maximum absolute atomic E-state index is 14.1. The van der Waals surface area contributed by atoms with E-state index in [4.69, 9.17) is 27.7 Å². The summed E-state index contributed by atoms with van der Waals surface area (Å²) >= 11 is 0. The Labute approximate surface area is 757 Å². The van der Waals surface area contributed by atoms with Crippen molar-refractivity contribution in [2.24, 2.45) is 51.1 Å². The normalized spacial score (nSPS) is 15.8. The summed E-state index contributed by atoms with van der Waals surface area (Å²) in [5.41, 5.74) is 22.5. The number of aryl methyl sites for hydroxylation is 4. The number of nitrogens with two attached hydrogens (primary N) is 4. The third-order valence-corrected chi connectivity index (χ3v) is 23.4. The van der Waals surface area contributed by atoms with Crippen molar-refractivity contribution in [1.82, 2.24) is 89.7 Å². The molecule has 0 amide bonds. The van der Waals surface area contributed by atoms with Crippen LogP contribution in [0.25, 0.3) is 44.7 Å². The molecule has 4 saturated heterocycles.